The van der Waals surface area contributed by atoms with Gasteiger partial charge in [-0.25, -0.2) is 14.4 Å². The van der Waals surface area contributed by atoms with Crippen LogP contribution < -0.4 is 19.6 Å². The Balaban J connectivity index is 2.18. The van der Waals surface area contributed by atoms with Crippen molar-refractivity contribution in [2.75, 3.05) is 38.2 Å². The predicted octanol–water partition coefficient (Wildman–Crippen LogP) is 0.636. The van der Waals surface area contributed by atoms with E-state index in [-0.39, 0.29) is 18.2 Å². The lowest BCUT2D eigenvalue weighted by Gasteiger charge is -2.34. The van der Waals surface area contributed by atoms with Gasteiger partial charge in [0.25, 0.3) is 5.82 Å². The summed E-state index contributed by atoms with van der Waals surface area (Å²) in [7, 11) is -4.95. The number of carbonyl (C=O) groups is 1. The van der Waals surface area contributed by atoms with E-state index in [4.69, 9.17) is 18.5 Å². The molecule has 0 radical (unpaired) electrons. The Bertz CT molecular complexity index is 883. The minimum absolute atomic E-state index is 0.0905. The molecule has 3 heterocycles. The van der Waals surface area contributed by atoms with Gasteiger partial charge in [-0.05, 0) is 37.3 Å². The molecule has 31 heavy (non-hydrogen) atoms. The van der Waals surface area contributed by atoms with E-state index in [2.05, 4.69) is 15.6 Å². The number of ether oxygens (including phenoxy) is 3. The summed E-state index contributed by atoms with van der Waals surface area (Å²) in [5, 5.41) is 5.67. The number of morpholine rings is 1. The van der Waals surface area contributed by atoms with E-state index in [1.807, 2.05) is 6.92 Å². The van der Waals surface area contributed by atoms with E-state index < -0.39 is 28.2 Å². The molecular weight excluding hydrogens is 432 g/mol. The van der Waals surface area contributed by atoms with Crippen LogP contribution in [-0.2, 0) is 30.2 Å². The van der Waals surface area contributed by atoms with E-state index in [9.17, 15) is 17.8 Å². The van der Waals surface area contributed by atoms with E-state index in [0.29, 0.717) is 44.8 Å². The first-order valence-electron chi connectivity index (χ1n) is 10.3. The van der Waals surface area contributed by atoms with Crippen LogP contribution >= 0.6 is 0 Å². The number of hydrogen-bond donors (Lipinski definition) is 3. The van der Waals surface area contributed by atoms with Crippen LogP contribution in [0.5, 0.6) is 0 Å². The average Bonchev–Trinajstić information content (AvgIpc) is 2.75. The van der Waals surface area contributed by atoms with Gasteiger partial charge in [-0.2, -0.15) is 8.42 Å². The second-order valence-corrected chi connectivity index (χ2v) is 8.25. The molecule has 0 aromatic carbocycles. The molecule has 2 aliphatic heterocycles. The van der Waals surface area contributed by atoms with Crippen molar-refractivity contribution in [3.05, 3.63) is 17.6 Å². The van der Waals surface area contributed by atoms with Crippen LogP contribution in [0.3, 0.4) is 0 Å². The van der Waals surface area contributed by atoms with Gasteiger partial charge in [-0.1, -0.05) is 6.92 Å². The second kappa shape index (κ2) is 10.0. The van der Waals surface area contributed by atoms with Gasteiger partial charge in [0.15, 0.2) is 11.3 Å². The number of hydrogen-bond acceptors (Lipinski definition) is 9. The van der Waals surface area contributed by atoms with Crippen molar-refractivity contribution >= 4 is 22.3 Å². The Kier molecular flexibility index (Phi) is 7.64. The zero-order valence-electron chi connectivity index (χ0n) is 17.6. The van der Waals surface area contributed by atoms with Crippen LogP contribution in [0.2, 0.25) is 0 Å². The summed E-state index contributed by atoms with van der Waals surface area (Å²) in [5.41, 5.74) is -0.530. The zero-order valence-corrected chi connectivity index (χ0v) is 18.4. The maximum atomic E-state index is 12.1. The van der Waals surface area contributed by atoms with Crippen molar-refractivity contribution in [3.8, 4) is 0 Å². The maximum Gasteiger partial charge on any atom is 0.476 e. The Hall–Kier alpha value is -2.06. The highest BCUT2D eigenvalue weighted by atomic mass is 32.3. The summed E-state index contributed by atoms with van der Waals surface area (Å²) in [5.74, 6) is 0.0121. The van der Waals surface area contributed by atoms with Crippen LogP contribution in [0.4, 0.5) is 10.6 Å². The van der Waals surface area contributed by atoms with Gasteiger partial charge in [-0.3, -0.25) is 4.55 Å². The van der Waals surface area contributed by atoms with E-state index in [0.717, 1.165) is 17.6 Å². The molecule has 1 amide bonds. The summed E-state index contributed by atoms with van der Waals surface area (Å²) < 4.78 is 55.1. The molecule has 3 N–H and O–H groups in total. The number of carbonyl (C=O) groups excluding carboxylic acids is 1. The molecule has 0 aliphatic carbocycles. The normalized spacial score (nSPS) is 24.4. The van der Waals surface area contributed by atoms with Crippen molar-refractivity contribution in [2.45, 2.75) is 51.2 Å². The monoisotopic (exact) mass is 461 g/mol. The largest absolute Gasteiger partial charge is 0.476 e. The van der Waals surface area contributed by atoms with Gasteiger partial charge in [0.1, 0.15) is 6.10 Å². The van der Waals surface area contributed by atoms with Gasteiger partial charge in [0.05, 0.1) is 19.3 Å². The minimum atomic E-state index is -4.95. The van der Waals surface area contributed by atoms with Crippen LogP contribution in [0.1, 0.15) is 57.2 Å². The van der Waals surface area contributed by atoms with Crippen molar-refractivity contribution in [1.29, 1.82) is 0 Å². The van der Waals surface area contributed by atoms with Gasteiger partial charge >= 0.3 is 22.3 Å². The highest BCUT2D eigenvalue weighted by Gasteiger charge is 2.45. The van der Waals surface area contributed by atoms with Gasteiger partial charge < -0.3 is 19.5 Å². The third kappa shape index (κ3) is 5.80. The standard InChI is InChI=1S/C18H28N4O8S/c1-3-18(7-5-6-9-29-18)16-20-13(14-12-19-8-10-28-14)11-15(21-17(23)27-4-2)22(16)30-31(24,25)26/h11,14,19H,3-10,12H2,1-2H3,(H,24,25,26)/p+1. The maximum absolute atomic E-state index is 12.1. The molecule has 13 heteroatoms. The number of aromatic nitrogens is 2. The average molecular weight is 462 g/mol. The van der Waals surface area contributed by atoms with E-state index in [1.165, 1.54) is 6.07 Å². The molecule has 0 saturated carbocycles. The molecule has 1 aromatic heterocycles. The SMILES string of the molecule is CCOC(=O)Nc1cc(C2CNCCO2)nc(C2(CC)CCCCO2)[n+]1OS(=O)(=O)O. The molecule has 2 atom stereocenters. The smallest absolute Gasteiger partial charge is 0.438 e. The van der Waals surface area contributed by atoms with Crippen LogP contribution in [-0.4, -0.2) is 57.0 Å². The molecule has 1 aromatic rings. The molecule has 12 nitrogen and oxygen atoms in total. The third-order valence-electron chi connectivity index (χ3n) is 5.19. The summed E-state index contributed by atoms with van der Waals surface area (Å²) >= 11 is 0. The van der Waals surface area contributed by atoms with E-state index in [1.54, 1.807) is 6.92 Å². The molecule has 2 fully saturated rings. The lowest BCUT2D eigenvalue weighted by atomic mass is 9.90. The quantitative estimate of drug-likeness (QED) is 0.390. The van der Waals surface area contributed by atoms with Gasteiger partial charge in [0.2, 0.25) is 0 Å². The van der Waals surface area contributed by atoms with Crippen molar-refractivity contribution < 1.29 is 41.0 Å². The number of rotatable bonds is 7. The topological polar surface area (TPSA) is 149 Å². The number of nitrogens with one attached hydrogen (secondary N) is 2. The third-order valence-corrected chi connectivity index (χ3v) is 5.53. The van der Waals surface area contributed by atoms with Crippen molar-refractivity contribution in [1.82, 2.24) is 10.3 Å². The number of nitrogens with zero attached hydrogens (tertiary/aromatic N) is 2. The van der Waals surface area contributed by atoms with Crippen molar-refractivity contribution in [3.63, 3.8) is 0 Å². The Morgan fingerprint density at radius 3 is 2.81 bits per heavy atom. The van der Waals surface area contributed by atoms with Crippen molar-refractivity contribution in [2.24, 2.45) is 0 Å². The predicted molar refractivity (Wildman–Crippen MR) is 107 cm³/mol. The highest BCUT2D eigenvalue weighted by Crippen LogP contribution is 2.36. The fourth-order valence-corrected chi connectivity index (χ4v) is 4.05. The molecule has 3 rings (SSSR count). The Morgan fingerprint density at radius 1 is 1.42 bits per heavy atom. The van der Waals surface area contributed by atoms with Crippen LogP contribution in [0.15, 0.2) is 6.07 Å². The van der Waals surface area contributed by atoms with Gasteiger partial charge in [-0.15, -0.1) is 4.98 Å². The summed E-state index contributed by atoms with van der Waals surface area (Å²) in [6.07, 6.45) is 1.43. The zero-order chi connectivity index (χ0) is 22.5. The Labute approximate surface area is 181 Å². The molecule has 2 unspecified atom stereocenters. The van der Waals surface area contributed by atoms with Crippen LogP contribution in [0.25, 0.3) is 0 Å². The first-order valence-corrected chi connectivity index (χ1v) is 11.7. The first kappa shape index (κ1) is 23.6. The molecule has 2 aliphatic rings. The fraction of sp³-hybridized carbons (Fsp3) is 0.722. The summed E-state index contributed by atoms with van der Waals surface area (Å²) in [6, 6.07) is 1.43. The van der Waals surface area contributed by atoms with Gasteiger partial charge in [0, 0.05) is 19.7 Å². The summed E-state index contributed by atoms with van der Waals surface area (Å²) in [6.45, 7) is 5.71. The molecule has 0 bridgehead atoms. The lowest BCUT2D eigenvalue weighted by Crippen LogP contribution is -2.57. The lowest BCUT2D eigenvalue weighted by molar-refractivity contribution is -0.857. The molecular formula is C18H29N4O8S+. The number of anilines is 1. The minimum Gasteiger partial charge on any atom is -0.438 e. The fourth-order valence-electron chi connectivity index (χ4n) is 3.71. The molecule has 174 valence electrons. The molecule has 2 saturated heterocycles. The number of amides is 1. The highest BCUT2D eigenvalue weighted by molar-refractivity contribution is 7.80. The second-order valence-electron chi connectivity index (χ2n) is 7.25. The summed E-state index contributed by atoms with van der Waals surface area (Å²) in [4.78, 5) is 16.8. The molecule has 0 spiro atoms. The Morgan fingerprint density at radius 2 is 2.23 bits per heavy atom. The van der Waals surface area contributed by atoms with E-state index >= 15 is 0 Å². The first-order chi connectivity index (χ1) is 14.8. The van der Waals surface area contributed by atoms with Crippen LogP contribution in [0, 0.1) is 0 Å².